The molecule has 7 heteroatoms. The highest BCUT2D eigenvalue weighted by atomic mass is 35.5. The SMILES string of the molecule is CC1(O)NC(=O)NC(=O)C1(Cl)Cl. The van der Waals surface area contributed by atoms with E-state index >= 15 is 0 Å². The van der Waals surface area contributed by atoms with E-state index < -0.39 is 22.0 Å². The Bertz CT molecular complexity index is 251. The highest BCUT2D eigenvalue weighted by Crippen LogP contribution is 2.34. The summed E-state index contributed by atoms with van der Waals surface area (Å²) in [6.07, 6.45) is 0. The molecule has 1 rings (SSSR count). The van der Waals surface area contributed by atoms with Crippen LogP contribution in [0.5, 0.6) is 0 Å². The van der Waals surface area contributed by atoms with Crippen LogP contribution in [0.15, 0.2) is 0 Å². The lowest BCUT2D eigenvalue weighted by molar-refractivity contribution is -0.128. The van der Waals surface area contributed by atoms with Gasteiger partial charge in [-0.05, 0) is 6.92 Å². The van der Waals surface area contributed by atoms with E-state index in [1.807, 2.05) is 10.6 Å². The van der Waals surface area contributed by atoms with E-state index in [0.717, 1.165) is 6.92 Å². The molecule has 1 aliphatic rings. The molecule has 1 atom stereocenters. The zero-order chi connectivity index (χ0) is 9.57. The minimum atomic E-state index is -2.07. The Morgan fingerprint density at radius 3 is 2.33 bits per heavy atom. The molecule has 0 bridgehead atoms. The van der Waals surface area contributed by atoms with Crippen LogP contribution in [-0.2, 0) is 4.79 Å². The third-order valence-corrected chi connectivity index (χ3v) is 2.56. The Labute approximate surface area is 78.0 Å². The molecular weight excluding hydrogens is 207 g/mol. The van der Waals surface area contributed by atoms with Crippen molar-refractivity contribution in [1.82, 2.24) is 10.6 Å². The number of carbonyl (C=O) groups is 2. The molecule has 0 aromatic heterocycles. The van der Waals surface area contributed by atoms with E-state index in [0.29, 0.717) is 0 Å². The van der Waals surface area contributed by atoms with Crippen LogP contribution in [0, 0.1) is 0 Å². The highest BCUT2D eigenvalue weighted by Gasteiger charge is 2.55. The molecule has 1 unspecified atom stereocenters. The van der Waals surface area contributed by atoms with Crippen molar-refractivity contribution in [2.45, 2.75) is 17.0 Å². The van der Waals surface area contributed by atoms with E-state index in [-0.39, 0.29) is 0 Å². The molecule has 0 radical (unpaired) electrons. The monoisotopic (exact) mass is 212 g/mol. The molecule has 3 N–H and O–H groups in total. The number of nitrogens with one attached hydrogen (secondary N) is 2. The molecule has 0 aliphatic carbocycles. The highest BCUT2D eigenvalue weighted by molar-refractivity contribution is 6.59. The fraction of sp³-hybridized carbons (Fsp3) is 0.600. The van der Waals surface area contributed by atoms with Gasteiger partial charge in [-0.2, -0.15) is 0 Å². The van der Waals surface area contributed by atoms with Gasteiger partial charge < -0.3 is 10.4 Å². The molecule has 12 heavy (non-hydrogen) atoms. The van der Waals surface area contributed by atoms with E-state index in [4.69, 9.17) is 23.2 Å². The van der Waals surface area contributed by atoms with Crippen molar-refractivity contribution in [3.63, 3.8) is 0 Å². The van der Waals surface area contributed by atoms with Gasteiger partial charge in [-0.3, -0.25) is 10.1 Å². The summed E-state index contributed by atoms with van der Waals surface area (Å²) in [5, 5.41) is 13.2. The zero-order valence-electron chi connectivity index (χ0n) is 6.02. The number of halogens is 2. The van der Waals surface area contributed by atoms with Gasteiger partial charge in [-0.15, -0.1) is 0 Å². The minimum Gasteiger partial charge on any atom is -0.368 e. The van der Waals surface area contributed by atoms with Crippen molar-refractivity contribution in [1.29, 1.82) is 0 Å². The minimum absolute atomic E-state index is 0.832. The Hall–Kier alpha value is -0.520. The summed E-state index contributed by atoms with van der Waals surface area (Å²) in [6, 6.07) is -0.832. The first kappa shape index (κ1) is 9.57. The van der Waals surface area contributed by atoms with Crippen LogP contribution >= 0.6 is 23.2 Å². The fourth-order valence-corrected chi connectivity index (χ4v) is 0.922. The standard InChI is InChI=1S/C5H6Cl2N2O3/c1-4(12)5(6,7)2(10)8-3(11)9-4/h12H,1H3,(H2,8,9,10,11). The van der Waals surface area contributed by atoms with Crippen LogP contribution in [0.3, 0.4) is 0 Å². The average molecular weight is 213 g/mol. The fourth-order valence-electron chi connectivity index (χ4n) is 0.733. The normalized spacial score (nSPS) is 34.0. The maximum Gasteiger partial charge on any atom is 0.323 e. The van der Waals surface area contributed by atoms with Gasteiger partial charge in [0.1, 0.15) is 0 Å². The van der Waals surface area contributed by atoms with E-state index in [2.05, 4.69) is 0 Å². The molecule has 1 heterocycles. The summed E-state index contributed by atoms with van der Waals surface area (Å²) in [5.74, 6) is -0.945. The van der Waals surface area contributed by atoms with Gasteiger partial charge in [0.05, 0.1) is 0 Å². The number of hydrogen-bond donors (Lipinski definition) is 3. The molecule has 0 aromatic carbocycles. The molecule has 0 spiro atoms. The molecule has 1 saturated heterocycles. The number of rotatable bonds is 0. The van der Waals surface area contributed by atoms with Gasteiger partial charge in [-0.25, -0.2) is 4.79 Å². The average Bonchev–Trinajstić information content (AvgIpc) is 1.82. The van der Waals surface area contributed by atoms with Crippen molar-refractivity contribution in [2.75, 3.05) is 0 Å². The lowest BCUT2D eigenvalue weighted by Crippen LogP contribution is -2.70. The number of urea groups is 1. The van der Waals surface area contributed by atoms with E-state index in [9.17, 15) is 14.7 Å². The van der Waals surface area contributed by atoms with Gasteiger partial charge in [0.25, 0.3) is 5.91 Å². The maximum atomic E-state index is 10.9. The van der Waals surface area contributed by atoms with Crippen LogP contribution in [-0.4, -0.2) is 27.1 Å². The maximum absolute atomic E-state index is 10.9. The smallest absolute Gasteiger partial charge is 0.323 e. The lowest BCUT2D eigenvalue weighted by Gasteiger charge is -2.38. The van der Waals surface area contributed by atoms with Gasteiger partial charge in [0.15, 0.2) is 5.72 Å². The van der Waals surface area contributed by atoms with E-state index in [1.54, 1.807) is 0 Å². The van der Waals surface area contributed by atoms with Crippen LogP contribution in [0.1, 0.15) is 6.92 Å². The molecule has 1 aliphatic heterocycles. The van der Waals surface area contributed by atoms with Gasteiger partial charge in [-0.1, -0.05) is 23.2 Å². The second-order valence-electron chi connectivity index (χ2n) is 2.55. The summed E-state index contributed by atoms with van der Waals surface area (Å²) in [4.78, 5) is 21.6. The first-order valence-electron chi connectivity index (χ1n) is 3.01. The Balaban J connectivity index is 3.02. The Kier molecular flexibility index (Phi) is 1.98. The number of imide groups is 1. The number of carbonyl (C=O) groups excluding carboxylic acids is 2. The second kappa shape index (κ2) is 2.48. The Morgan fingerprint density at radius 1 is 1.42 bits per heavy atom. The van der Waals surface area contributed by atoms with Crippen molar-refractivity contribution >= 4 is 35.1 Å². The topological polar surface area (TPSA) is 78.4 Å². The van der Waals surface area contributed by atoms with Gasteiger partial charge in [0.2, 0.25) is 4.33 Å². The second-order valence-corrected chi connectivity index (χ2v) is 3.88. The van der Waals surface area contributed by atoms with Crippen molar-refractivity contribution in [3.8, 4) is 0 Å². The molecule has 1 fully saturated rings. The van der Waals surface area contributed by atoms with Crippen molar-refractivity contribution in [2.24, 2.45) is 0 Å². The third-order valence-electron chi connectivity index (χ3n) is 1.48. The predicted molar refractivity (Wildman–Crippen MR) is 41.7 cm³/mol. The first-order chi connectivity index (χ1) is 5.27. The number of amides is 3. The number of hydrogen-bond acceptors (Lipinski definition) is 3. The number of aliphatic hydroxyl groups is 1. The molecule has 0 saturated carbocycles. The molecule has 3 amide bonds. The summed E-state index contributed by atoms with van der Waals surface area (Å²) in [6.45, 7) is 1.13. The van der Waals surface area contributed by atoms with Crippen LogP contribution in [0.2, 0.25) is 0 Å². The number of alkyl halides is 2. The molecule has 68 valence electrons. The largest absolute Gasteiger partial charge is 0.368 e. The Morgan fingerprint density at radius 2 is 1.92 bits per heavy atom. The van der Waals surface area contributed by atoms with Crippen molar-refractivity contribution < 1.29 is 14.7 Å². The summed E-state index contributed by atoms with van der Waals surface area (Å²) in [5.41, 5.74) is -1.96. The third kappa shape index (κ3) is 1.24. The van der Waals surface area contributed by atoms with Gasteiger partial charge in [0, 0.05) is 0 Å². The van der Waals surface area contributed by atoms with Crippen LogP contribution in [0.25, 0.3) is 0 Å². The predicted octanol–water partition coefficient (Wildman–Crippen LogP) is -0.292. The lowest BCUT2D eigenvalue weighted by atomic mass is 10.1. The van der Waals surface area contributed by atoms with Crippen LogP contribution in [0.4, 0.5) is 4.79 Å². The molecule has 0 aromatic rings. The van der Waals surface area contributed by atoms with Gasteiger partial charge >= 0.3 is 6.03 Å². The zero-order valence-corrected chi connectivity index (χ0v) is 7.53. The first-order valence-corrected chi connectivity index (χ1v) is 3.77. The summed E-state index contributed by atoms with van der Waals surface area (Å²) >= 11 is 10.9. The quantitative estimate of drug-likeness (QED) is 0.483. The molecule has 5 nitrogen and oxygen atoms in total. The van der Waals surface area contributed by atoms with Crippen LogP contribution < -0.4 is 10.6 Å². The summed E-state index contributed by atoms with van der Waals surface area (Å²) in [7, 11) is 0. The van der Waals surface area contributed by atoms with E-state index in [1.165, 1.54) is 0 Å². The molecular formula is C5H6Cl2N2O3. The summed E-state index contributed by atoms with van der Waals surface area (Å²) < 4.78 is -2.07. The van der Waals surface area contributed by atoms with Crippen molar-refractivity contribution in [3.05, 3.63) is 0 Å².